The molecule has 0 aliphatic carbocycles. The zero-order chi connectivity index (χ0) is 8.39. The van der Waals surface area contributed by atoms with Crippen molar-refractivity contribution in [3.05, 3.63) is 10.5 Å². The summed E-state index contributed by atoms with van der Waals surface area (Å²) in [5, 5.41) is 4.45. The Kier molecular flexibility index (Phi) is 2.51. The second kappa shape index (κ2) is 3.62. The van der Waals surface area contributed by atoms with Crippen molar-refractivity contribution in [1.29, 1.82) is 0 Å². The molecule has 0 N–H and O–H groups in total. The monoisotopic (exact) mass is 201 g/mol. The molecule has 4 heteroatoms. The van der Waals surface area contributed by atoms with Crippen LogP contribution < -0.4 is 4.90 Å². The Labute approximate surface area is 81.2 Å². The summed E-state index contributed by atoms with van der Waals surface area (Å²) in [7, 11) is 0. The summed E-state index contributed by atoms with van der Waals surface area (Å²) in [4.78, 5) is 6.48. The summed E-state index contributed by atoms with van der Waals surface area (Å²) >= 11 is 7.21. The van der Waals surface area contributed by atoms with Crippen LogP contribution in [0.5, 0.6) is 0 Å². The minimum absolute atomic E-state index is 0.501. The Morgan fingerprint density at radius 1 is 1.33 bits per heavy atom. The molecule has 65 valence electrons. The second-order valence-corrected chi connectivity index (χ2v) is 4.07. The van der Waals surface area contributed by atoms with Crippen LogP contribution >= 0.6 is 22.9 Å². The van der Waals surface area contributed by atoms with Gasteiger partial charge >= 0.3 is 0 Å². The van der Waals surface area contributed by atoms with Gasteiger partial charge in [-0.25, -0.2) is 4.98 Å². The number of hydrogen-bond donors (Lipinski definition) is 0. The van der Waals surface area contributed by atoms with Crippen LogP contribution in [0.3, 0.4) is 0 Å². The van der Waals surface area contributed by atoms with Crippen molar-refractivity contribution < 1.29 is 0 Å². The second-order valence-electron chi connectivity index (χ2n) is 2.94. The van der Waals surface area contributed by atoms with E-state index in [1.54, 1.807) is 0 Å². The third-order valence-electron chi connectivity index (χ3n) is 2.05. The minimum Gasteiger partial charge on any atom is -0.348 e. The van der Waals surface area contributed by atoms with Gasteiger partial charge in [-0.15, -0.1) is 0 Å². The molecule has 1 aromatic heterocycles. The van der Waals surface area contributed by atoms with E-state index in [2.05, 4.69) is 15.3 Å². The molecule has 0 unspecified atom stereocenters. The van der Waals surface area contributed by atoms with Crippen molar-refractivity contribution >= 4 is 28.1 Å². The molecule has 0 atom stereocenters. The molecule has 2 rings (SSSR count). The molecule has 2 heterocycles. The molecular formula is C8H10ClN2S. The number of hydrogen-bond acceptors (Lipinski definition) is 3. The molecule has 1 fully saturated rings. The van der Waals surface area contributed by atoms with Gasteiger partial charge in [0.05, 0.1) is 5.38 Å². The van der Waals surface area contributed by atoms with Crippen molar-refractivity contribution in [2.75, 3.05) is 18.0 Å². The lowest BCUT2D eigenvalue weighted by Gasteiger charge is -2.25. The highest BCUT2D eigenvalue weighted by molar-refractivity contribution is 7.13. The van der Waals surface area contributed by atoms with Gasteiger partial charge in [0, 0.05) is 13.1 Å². The molecule has 0 saturated carbocycles. The largest absolute Gasteiger partial charge is 0.348 e. The number of anilines is 1. The van der Waals surface area contributed by atoms with Gasteiger partial charge in [0.25, 0.3) is 0 Å². The Balaban J connectivity index is 2.08. The van der Waals surface area contributed by atoms with Gasteiger partial charge in [-0.3, -0.25) is 0 Å². The Bertz CT molecular complexity index is 255. The molecule has 1 saturated heterocycles. The standard InChI is InChI=1S/C8H10ClN2S/c9-7-6-12-8(10-7)11-4-2-1-3-5-11/h1-5H2. The average molecular weight is 202 g/mol. The van der Waals surface area contributed by atoms with Gasteiger partial charge in [-0.1, -0.05) is 22.9 Å². The molecule has 1 aliphatic rings. The summed E-state index contributed by atoms with van der Waals surface area (Å²) in [6.45, 7) is 2.25. The predicted octanol–water partition coefficient (Wildman–Crippen LogP) is 2.59. The third kappa shape index (κ3) is 1.72. The molecular weight excluding hydrogens is 192 g/mol. The molecule has 1 radical (unpaired) electrons. The van der Waals surface area contributed by atoms with Crippen molar-refractivity contribution in [2.45, 2.75) is 19.3 Å². The first kappa shape index (κ1) is 8.32. The zero-order valence-electron chi connectivity index (χ0n) is 6.72. The Hall–Kier alpha value is -0.280. The van der Waals surface area contributed by atoms with Crippen LogP contribution in [0.4, 0.5) is 5.13 Å². The highest BCUT2D eigenvalue weighted by Crippen LogP contribution is 2.25. The number of piperidine rings is 1. The molecule has 0 spiro atoms. The van der Waals surface area contributed by atoms with E-state index in [-0.39, 0.29) is 0 Å². The minimum atomic E-state index is 0.501. The number of nitrogens with zero attached hydrogens (tertiary/aromatic N) is 2. The lowest BCUT2D eigenvalue weighted by atomic mass is 10.1. The maximum absolute atomic E-state index is 5.70. The topological polar surface area (TPSA) is 16.1 Å². The summed E-state index contributed by atoms with van der Waals surface area (Å²) in [5.74, 6) is 0. The average Bonchev–Trinajstić information content (AvgIpc) is 2.54. The van der Waals surface area contributed by atoms with E-state index < -0.39 is 0 Å². The van der Waals surface area contributed by atoms with E-state index in [4.69, 9.17) is 11.6 Å². The molecule has 12 heavy (non-hydrogen) atoms. The maximum atomic E-state index is 5.70. The molecule has 1 aromatic rings. The molecule has 0 bridgehead atoms. The summed E-state index contributed by atoms with van der Waals surface area (Å²) in [6.07, 6.45) is 3.90. The first-order chi connectivity index (χ1) is 5.86. The predicted molar refractivity (Wildman–Crippen MR) is 52.0 cm³/mol. The lowest BCUT2D eigenvalue weighted by molar-refractivity contribution is 0.577. The SMILES string of the molecule is Clc1[c]sc(N2CCCCC2)n1. The van der Waals surface area contributed by atoms with Gasteiger partial charge in [0.2, 0.25) is 0 Å². The van der Waals surface area contributed by atoms with Crippen LogP contribution in [0.25, 0.3) is 0 Å². The van der Waals surface area contributed by atoms with Gasteiger partial charge in [0.15, 0.2) is 10.3 Å². The smallest absolute Gasteiger partial charge is 0.187 e. The fraction of sp³-hybridized carbons (Fsp3) is 0.625. The molecule has 1 aliphatic heterocycles. The molecule has 0 amide bonds. The highest BCUT2D eigenvalue weighted by atomic mass is 35.5. The number of rotatable bonds is 1. The number of halogens is 1. The summed E-state index contributed by atoms with van der Waals surface area (Å²) < 4.78 is 0. The maximum Gasteiger partial charge on any atom is 0.187 e. The van der Waals surface area contributed by atoms with Crippen molar-refractivity contribution in [2.24, 2.45) is 0 Å². The fourth-order valence-corrected chi connectivity index (χ4v) is 2.35. The van der Waals surface area contributed by atoms with Gasteiger partial charge < -0.3 is 4.90 Å². The fourth-order valence-electron chi connectivity index (χ4n) is 1.44. The zero-order valence-corrected chi connectivity index (χ0v) is 8.29. The highest BCUT2D eigenvalue weighted by Gasteiger charge is 2.13. The first-order valence-corrected chi connectivity index (χ1v) is 5.34. The van der Waals surface area contributed by atoms with Crippen LogP contribution in [-0.4, -0.2) is 18.1 Å². The number of thiazole rings is 1. The van der Waals surface area contributed by atoms with E-state index in [0.29, 0.717) is 5.15 Å². The first-order valence-electron chi connectivity index (χ1n) is 4.15. The Morgan fingerprint density at radius 2 is 2.08 bits per heavy atom. The van der Waals surface area contributed by atoms with Crippen LogP contribution in [0.15, 0.2) is 0 Å². The third-order valence-corrected chi connectivity index (χ3v) is 3.17. The summed E-state index contributed by atoms with van der Waals surface area (Å²) in [5.41, 5.74) is 0. The lowest BCUT2D eigenvalue weighted by Crippen LogP contribution is -2.29. The van der Waals surface area contributed by atoms with E-state index in [9.17, 15) is 0 Å². The van der Waals surface area contributed by atoms with Crippen LogP contribution in [0.1, 0.15) is 19.3 Å². The van der Waals surface area contributed by atoms with E-state index in [1.807, 2.05) is 0 Å². The van der Waals surface area contributed by atoms with Crippen molar-refractivity contribution in [1.82, 2.24) is 4.98 Å². The Morgan fingerprint density at radius 3 is 2.67 bits per heavy atom. The molecule has 0 aromatic carbocycles. The van der Waals surface area contributed by atoms with E-state index in [0.717, 1.165) is 18.2 Å². The quantitative estimate of drug-likeness (QED) is 0.695. The van der Waals surface area contributed by atoms with Crippen LogP contribution in [-0.2, 0) is 0 Å². The van der Waals surface area contributed by atoms with Crippen LogP contribution in [0, 0.1) is 5.38 Å². The van der Waals surface area contributed by atoms with Crippen LogP contribution in [0.2, 0.25) is 5.15 Å². The molecule has 2 nitrogen and oxygen atoms in total. The number of aromatic nitrogens is 1. The van der Waals surface area contributed by atoms with Gasteiger partial charge in [-0.05, 0) is 19.3 Å². The van der Waals surface area contributed by atoms with Gasteiger partial charge in [0.1, 0.15) is 0 Å². The van der Waals surface area contributed by atoms with Gasteiger partial charge in [-0.2, -0.15) is 0 Å². The summed E-state index contributed by atoms with van der Waals surface area (Å²) in [6, 6.07) is 0. The van der Waals surface area contributed by atoms with E-state index in [1.165, 1.54) is 30.6 Å². The normalized spacial score (nSPS) is 18.2. The van der Waals surface area contributed by atoms with Crippen molar-refractivity contribution in [3.8, 4) is 0 Å². The van der Waals surface area contributed by atoms with Crippen molar-refractivity contribution in [3.63, 3.8) is 0 Å². The van der Waals surface area contributed by atoms with E-state index >= 15 is 0 Å².